The van der Waals surface area contributed by atoms with Gasteiger partial charge < -0.3 is 0 Å². The van der Waals surface area contributed by atoms with E-state index in [1.807, 2.05) is 19.1 Å². The van der Waals surface area contributed by atoms with E-state index in [1.54, 1.807) is 23.7 Å². The number of hydrogen-bond acceptors (Lipinski definition) is 5. The number of aryl methyl sites for hydroxylation is 1. The Balaban J connectivity index is 1.74. The Bertz CT molecular complexity index is 965. The summed E-state index contributed by atoms with van der Waals surface area (Å²) in [4.78, 5) is 16.1. The first-order valence-corrected chi connectivity index (χ1v) is 9.71. The maximum absolute atomic E-state index is 12.4. The molecule has 0 saturated carbocycles. The highest BCUT2D eigenvalue weighted by atomic mass is 32.2. The molecule has 2 aromatic carbocycles. The molecule has 6 nitrogen and oxygen atoms in total. The zero-order chi connectivity index (χ0) is 17.9. The van der Waals surface area contributed by atoms with Crippen LogP contribution in [0.2, 0.25) is 0 Å². The normalized spacial score (nSPS) is 11.1. The second-order valence-electron chi connectivity index (χ2n) is 5.29. The molecule has 8 heteroatoms. The van der Waals surface area contributed by atoms with Crippen LogP contribution >= 0.6 is 11.3 Å². The van der Waals surface area contributed by atoms with E-state index < -0.39 is 10.0 Å². The van der Waals surface area contributed by atoms with E-state index in [9.17, 15) is 13.2 Å². The molecule has 0 fully saturated rings. The van der Waals surface area contributed by atoms with Gasteiger partial charge in [0.2, 0.25) is 0 Å². The number of aromatic nitrogens is 1. The van der Waals surface area contributed by atoms with Crippen molar-refractivity contribution < 1.29 is 13.2 Å². The minimum absolute atomic E-state index is 0.0823. The molecule has 3 aromatic rings. The molecule has 1 heterocycles. The van der Waals surface area contributed by atoms with Crippen molar-refractivity contribution in [1.82, 2.24) is 4.98 Å². The molecule has 3 rings (SSSR count). The number of thiazole rings is 1. The molecule has 0 spiro atoms. The van der Waals surface area contributed by atoms with Crippen molar-refractivity contribution in [3.8, 4) is 0 Å². The van der Waals surface area contributed by atoms with E-state index in [1.165, 1.54) is 35.6 Å². The summed E-state index contributed by atoms with van der Waals surface area (Å²) in [6.07, 6.45) is 1.59. The zero-order valence-corrected chi connectivity index (χ0v) is 14.9. The summed E-state index contributed by atoms with van der Waals surface area (Å²) < 4.78 is 27.3. The molecule has 2 N–H and O–H groups in total. The molecule has 0 aliphatic carbocycles. The Morgan fingerprint density at radius 3 is 2.32 bits per heavy atom. The number of rotatable bonds is 5. The van der Waals surface area contributed by atoms with Gasteiger partial charge in [-0.3, -0.25) is 14.8 Å². The quantitative estimate of drug-likeness (QED) is 0.716. The predicted molar refractivity (Wildman–Crippen MR) is 98.5 cm³/mol. The maximum atomic E-state index is 12.4. The van der Waals surface area contributed by atoms with Crippen LogP contribution in [0.15, 0.2) is 65.0 Å². The molecule has 0 saturated heterocycles. The second-order valence-corrected chi connectivity index (χ2v) is 7.86. The fourth-order valence-corrected chi connectivity index (χ4v) is 3.66. The summed E-state index contributed by atoms with van der Waals surface area (Å²) in [5.41, 5.74) is 1.87. The van der Waals surface area contributed by atoms with E-state index >= 15 is 0 Å². The highest BCUT2D eigenvalue weighted by Crippen LogP contribution is 2.18. The molecule has 0 bridgehead atoms. The summed E-state index contributed by atoms with van der Waals surface area (Å²) >= 11 is 1.31. The third-order valence-corrected chi connectivity index (χ3v) is 5.47. The van der Waals surface area contributed by atoms with E-state index in [4.69, 9.17) is 0 Å². The summed E-state index contributed by atoms with van der Waals surface area (Å²) in [5.74, 6) is -0.342. The second kappa shape index (κ2) is 7.04. The standard InChI is InChI=1S/C17H15N3O3S2/c1-12-2-6-14(7-3-12)20-25(22,23)15-8-4-13(5-9-15)16(21)19-17-18-10-11-24-17/h2-11,20H,1H3,(H,18,19,21). The minimum Gasteiger partial charge on any atom is -0.298 e. The predicted octanol–water partition coefficient (Wildman–Crippen LogP) is 3.50. The first-order chi connectivity index (χ1) is 11.9. The molecular weight excluding hydrogens is 358 g/mol. The number of anilines is 2. The summed E-state index contributed by atoms with van der Waals surface area (Å²) in [6, 6.07) is 12.8. The highest BCUT2D eigenvalue weighted by Gasteiger charge is 2.15. The zero-order valence-electron chi connectivity index (χ0n) is 13.3. The lowest BCUT2D eigenvalue weighted by molar-refractivity contribution is 0.102. The summed E-state index contributed by atoms with van der Waals surface area (Å²) in [5, 5.41) is 4.89. The van der Waals surface area contributed by atoms with Crippen LogP contribution < -0.4 is 10.0 Å². The fraction of sp³-hybridized carbons (Fsp3) is 0.0588. The van der Waals surface area contributed by atoms with Crippen LogP contribution in [0.3, 0.4) is 0 Å². The van der Waals surface area contributed by atoms with Gasteiger partial charge in [0.1, 0.15) is 0 Å². The molecule has 0 aliphatic rings. The van der Waals surface area contributed by atoms with Crippen LogP contribution in [0.25, 0.3) is 0 Å². The first-order valence-electron chi connectivity index (χ1n) is 7.34. The van der Waals surface area contributed by atoms with Gasteiger partial charge in [-0.05, 0) is 43.3 Å². The first kappa shape index (κ1) is 17.1. The number of amides is 1. The van der Waals surface area contributed by atoms with Crippen molar-refractivity contribution in [2.24, 2.45) is 0 Å². The third kappa shape index (κ3) is 4.23. The van der Waals surface area contributed by atoms with Crippen molar-refractivity contribution in [3.05, 3.63) is 71.2 Å². The molecule has 128 valence electrons. The molecule has 0 unspecified atom stereocenters. The van der Waals surface area contributed by atoms with Crippen molar-refractivity contribution in [3.63, 3.8) is 0 Å². The van der Waals surface area contributed by atoms with Crippen LogP contribution in [0.1, 0.15) is 15.9 Å². The molecule has 0 radical (unpaired) electrons. The van der Waals surface area contributed by atoms with Crippen molar-refractivity contribution >= 4 is 38.1 Å². The number of carbonyl (C=O) groups excluding carboxylic acids is 1. The van der Waals surface area contributed by atoms with E-state index in [-0.39, 0.29) is 10.8 Å². The van der Waals surface area contributed by atoms with Gasteiger partial charge in [0.05, 0.1) is 4.90 Å². The molecule has 25 heavy (non-hydrogen) atoms. The number of hydrogen-bond donors (Lipinski definition) is 2. The molecule has 0 aliphatic heterocycles. The SMILES string of the molecule is Cc1ccc(NS(=O)(=O)c2ccc(C(=O)Nc3nccs3)cc2)cc1. The van der Waals surface area contributed by atoms with Crippen LogP contribution in [-0.2, 0) is 10.0 Å². The largest absolute Gasteiger partial charge is 0.298 e. The third-order valence-electron chi connectivity index (χ3n) is 3.38. The van der Waals surface area contributed by atoms with Gasteiger partial charge in [0.25, 0.3) is 15.9 Å². The summed E-state index contributed by atoms with van der Waals surface area (Å²) in [7, 11) is -3.71. The van der Waals surface area contributed by atoms with Gasteiger partial charge in [-0.15, -0.1) is 11.3 Å². The van der Waals surface area contributed by atoms with Gasteiger partial charge in [0.15, 0.2) is 5.13 Å². The van der Waals surface area contributed by atoms with Gasteiger partial charge in [-0.2, -0.15) is 0 Å². The monoisotopic (exact) mass is 373 g/mol. The van der Waals surface area contributed by atoms with Gasteiger partial charge >= 0.3 is 0 Å². The topological polar surface area (TPSA) is 88.2 Å². The van der Waals surface area contributed by atoms with Gasteiger partial charge in [-0.1, -0.05) is 17.7 Å². The Hall–Kier alpha value is -2.71. The van der Waals surface area contributed by atoms with Crippen molar-refractivity contribution in [2.75, 3.05) is 10.0 Å². The van der Waals surface area contributed by atoms with Crippen LogP contribution in [0.4, 0.5) is 10.8 Å². The Morgan fingerprint density at radius 2 is 1.72 bits per heavy atom. The molecule has 0 atom stereocenters. The van der Waals surface area contributed by atoms with E-state index in [0.29, 0.717) is 16.4 Å². The fourth-order valence-electron chi connectivity index (χ4n) is 2.08. The minimum atomic E-state index is -3.71. The van der Waals surface area contributed by atoms with Crippen LogP contribution in [0.5, 0.6) is 0 Å². The number of sulfonamides is 1. The number of nitrogens with zero attached hydrogens (tertiary/aromatic N) is 1. The summed E-state index contributed by atoms with van der Waals surface area (Å²) in [6.45, 7) is 1.92. The Labute approximate surface area is 149 Å². The average molecular weight is 373 g/mol. The lowest BCUT2D eigenvalue weighted by Crippen LogP contribution is -2.14. The van der Waals surface area contributed by atoms with E-state index in [0.717, 1.165) is 5.56 Å². The highest BCUT2D eigenvalue weighted by molar-refractivity contribution is 7.92. The Morgan fingerprint density at radius 1 is 1.04 bits per heavy atom. The van der Waals surface area contributed by atoms with Gasteiger partial charge in [-0.25, -0.2) is 13.4 Å². The molecule has 1 amide bonds. The van der Waals surface area contributed by atoms with Crippen molar-refractivity contribution in [2.45, 2.75) is 11.8 Å². The van der Waals surface area contributed by atoms with Crippen molar-refractivity contribution in [1.29, 1.82) is 0 Å². The Kier molecular flexibility index (Phi) is 4.82. The average Bonchev–Trinajstić information content (AvgIpc) is 3.10. The van der Waals surface area contributed by atoms with Crippen LogP contribution in [-0.4, -0.2) is 19.3 Å². The molecule has 1 aromatic heterocycles. The van der Waals surface area contributed by atoms with Gasteiger partial charge in [0, 0.05) is 22.8 Å². The van der Waals surface area contributed by atoms with E-state index in [2.05, 4.69) is 15.0 Å². The van der Waals surface area contributed by atoms with Crippen LogP contribution in [0, 0.1) is 6.92 Å². The smallest absolute Gasteiger partial charge is 0.261 e. The molecular formula is C17H15N3O3S2. The maximum Gasteiger partial charge on any atom is 0.261 e. The number of carbonyl (C=O) groups is 1. The lowest BCUT2D eigenvalue weighted by Gasteiger charge is -2.09. The number of benzene rings is 2. The lowest BCUT2D eigenvalue weighted by atomic mass is 10.2. The number of nitrogens with one attached hydrogen (secondary N) is 2.